The van der Waals surface area contributed by atoms with Crippen LogP contribution in [0.1, 0.15) is 17.5 Å². The van der Waals surface area contributed by atoms with Crippen LogP contribution in [-0.2, 0) is 34.8 Å². The topological polar surface area (TPSA) is 143 Å². The summed E-state index contributed by atoms with van der Waals surface area (Å²) in [6.45, 7) is 0. The molecule has 7 rings (SSSR count). The zero-order valence-electron chi connectivity index (χ0n) is 24.5. The van der Waals surface area contributed by atoms with Crippen molar-refractivity contribution >= 4 is 35.6 Å². The second-order valence-corrected chi connectivity index (χ2v) is 16.4. The van der Waals surface area contributed by atoms with Crippen molar-refractivity contribution in [2.75, 3.05) is 0 Å². The Morgan fingerprint density at radius 1 is 0.596 bits per heavy atom. The molecule has 1 heterocycles. The first-order chi connectivity index (χ1) is 22.3. The minimum Gasteiger partial charge on any atom is -0.285 e. The molecular weight excluding hydrogens is 657 g/mol. The third kappa shape index (κ3) is 5.26. The van der Waals surface area contributed by atoms with Crippen LogP contribution in [0.25, 0.3) is 39.0 Å². The van der Waals surface area contributed by atoms with Gasteiger partial charge in [-0.15, -0.1) is 0 Å². The molecule has 0 aromatic heterocycles. The molecule has 8 nitrogen and oxygen atoms in total. The number of hydrogen-bond acceptors (Lipinski definition) is 6. The van der Waals surface area contributed by atoms with Crippen LogP contribution in [0.2, 0.25) is 0 Å². The quantitative estimate of drug-likeness (QED) is 0.176. The smallest absolute Gasteiger partial charge is 0.285 e. The van der Waals surface area contributed by atoms with Gasteiger partial charge in [0.1, 0.15) is 4.75 Å². The Morgan fingerprint density at radius 2 is 1.13 bits per heavy atom. The Kier molecular flexibility index (Phi) is 7.23. The fourth-order valence-corrected chi connectivity index (χ4v) is 9.37. The zero-order chi connectivity index (χ0) is 33.2. The highest BCUT2D eigenvalue weighted by atomic mass is 32.2. The summed E-state index contributed by atoms with van der Waals surface area (Å²) in [5, 5.41) is 0. The molecule has 236 valence electrons. The van der Waals surface area contributed by atoms with E-state index >= 15 is 0 Å². The first kappa shape index (κ1) is 31.0. The van der Waals surface area contributed by atoms with Gasteiger partial charge in [-0.2, -0.15) is 16.8 Å². The van der Waals surface area contributed by atoms with Crippen molar-refractivity contribution < 1.29 is 34.4 Å². The number of benzene rings is 5. The van der Waals surface area contributed by atoms with Crippen molar-refractivity contribution in [3.63, 3.8) is 0 Å². The van der Waals surface area contributed by atoms with Gasteiger partial charge >= 0.3 is 0 Å². The first-order valence-corrected chi connectivity index (χ1v) is 18.8. The average Bonchev–Trinajstić information content (AvgIpc) is 3.29. The van der Waals surface area contributed by atoms with Gasteiger partial charge in [-0.3, -0.25) is 9.11 Å². The van der Waals surface area contributed by atoms with Crippen LogP contribution in [0.3, 0.4) is 0 Å². The van der Waals surface area contributed by atoms with Gasteiger partial charge in [-0.05, 0) is 69.6 Å². The number of fused-ring (bicyclic) bond motifs is 3. The van der Waals surface area contributed by atoms with Crippen LogP contribution >= 0.6 is 0 Å². The maximum Gasteiger partial charge on any atom is 0.294 e. The molecule has 0 spiro atoms. The maximum absolute atomic E-state index is 13.9. The molecule has 0 amide bonds. The minimum atomic E-state index is -4.71. The van der Waals surface area contributed by atoms with Gasteiger partial charge in [0.25, 0.3) is 20.2 Å². The van der Waals surface area contributed by atoms with E-state index in [9.17, 15) is 34.4 Å². The van der Waals surface area contributed by atoms with Crippen molar-refractivity contribution in [2.24, 2.45) is 0 Å². The van der Waals surface area contributed by atoms with Gasteiger partial charge < -0.3 is 0 Å². The molecule has 1 atom stereocenters. The molecule has 2 N–H and O–H groups in total. The molecule has 1 unspecified atom stereocenters. The normalized spacial score (nSPS) is 18.3. The molecular formula is C36H26O8S3. The van der Waals surface area contributed by atoms with E-state index in [0.29, 0.717) is 16.7 Å². The lowest BCUT2D eigenvalue weighted by atomic mass is 9.86. The first-order valence-electron chi connectivity index (χ1n) is 14.4. The van der Waals surface area contributed by atoms with E-state index in [0.717, 1.165) is 27.8 Å². The number of rotatable bonds is 6. The Morgan fingerprint density at radius 3 is 1.68 bits per heavy atom. The number of hydrogen-bond donors (Lipinski definition) is 2. The zero-order valence-corrected chi connectivity index (χ0v) is 26.9. The summed E-state index contributed by atoms with van der Waals surface area (Å²) in [4.78, 5) is -0.138. The van der Waals surface area contributed by atoms with E-state index in [1.807, 2.05) is 60.7 Å². The summed E-state index contributed by atoms with van der Waals surface area (Å²) in [7, 11) is -13.0. The third-order valence-electron chi connectivity index (χ3n) is 8.75. The minimum absolute atomic E-state index is 0.0277. The van der Waals surface area contributed by atoms with Gasteiger partial charge in [0.2, 0.25) is 9.84 Å². The Bertz CT molecular complexity index is 2470. The van der Waals surface area contributed by atoms with Crippen LogP contribution in [0, 0.1) is 0 Å². The maximum atomic E-state index is 13.9. The molecule has 5 aromatic rings. The van der Waals surface area contributed by atoms with E-state index < -0.39 is 34.8 Å². The number of allylic oxidation sites excluding steroid dienone is 3. The molecule has 0 saturated heterocycles. The lowest BCUT2D eigenvalue weighted by Crippen LogP contribution is -2.34. The van der Waals surface area contributed by atoms with Gasteiger partial charge in [-0.1, -0.05) is 109 Å². The lowest BCUT2D eigenvalue weighted by Gasteiger charge is -2.30. The molecule has 1 aliphatic heterocycles. The Labute approximate surface area is 272 Å². The molecule has 0 saturated carbocycles. The van der Waals surface area contributed by atoms with Gasteiger partial charge in [0.05, 0.1) is 14.7 Å². The van der Waals surface area contributed by atoms with Crippen LogP contribution in [-0.4, -0.2) is 34.4 Å². The SMILES string of the molecule is O=S(=O)(O)c1ccc(-c2ccc(-c3ccc4c(c3)S(=O)(=O)c3cc(C5(S(=O)(=O)O)C=CC(c6ccccc6)=CC5)ccc3-4)cc2)cc1. The standard InChI is InChI=1S/C36H26O8S3/c37-45(38)34-22-29(27-8-6-25(7-9-27)26-10-14-31(15-11-26)46(39,40)41)12-16-32(34)33-17-13-30(23-35(33)45)36(47(42,43)44)20-18-28(19-21-36)24-4-2-1-3-5-24/h1-20,22-23H,21H2,(H,39,40,41)(H,42,43,44). The number of sulfone groups is 1. The van der Waals surface area contributed by atoms with Crippen LogP contribution < -0.4 is 0 Å². The Hall–Kier alpha value is -4.65. The fourth-order valence-electron chi connectivity index (χ4n) is 6.19. The van der Waals surface area contributed by atoms with Crippen molar-refractivity contribution in [1.82, 2.24) is 0 Å². The lowest BCUT2D eigenvalue weighted by molar-refractivity contribution is 0.448. The highest BCUT2D eigenvalue weighted by molar-refractivity contribution is 7.92. The molecule has 0 fully saturated rings. The second kappa shape index (κ2) is 11.0. The van der Waals surface area contributed by atoms with Crippen molar-refractivity contribution in [3.8, 4) is 33.4 Å². The molecule has 1 aliphatic carbocycles. The van der Waals surface area contributed by atoms with Crippen molar-refractivity contribution in [3.05, 3.63) is 145 Å². The highest BCUT2D eigenvalue weighted by Crippen LogP contribution is 2.48. The monoisotopic (exact) mass is 682 g/mol. The van der Waals surface area contributed by atoms with Gasteiger partial charge in [0, 0.05) is 11.1 Å². The summed E-state index contributed by atoms with van der Waals surface area (Å²) in [5.74, 6) is 0. The van der Waals surface area contributed by atoms with Crippen LogP contribution in [0.5, 0.6) is 0 Å². The predicted octanol–water partition coefficient (Wildman–Crippen LogP) is 7.21. The molecule has 0 bridgehead atoms. The molecule has 47 heavy (non-hydrogen) atoms. The molecule has 5 aromatic carbocycles. The van der Waals surface area contributed by atoms with Crippen molar-refractivity contribution in [1.29, 1.82) is 0 Å². The average molecular weight is 683 g/mol. The van der Waals surface area contributed by atoms with E-state index in [1.165, 1.54) is 24.3 Å². The van der Waals surface area contributed by atoms with Gasteiger partial charge in [0.15, 0.2) is 0 Å². The van der Waals surface area contributed by atoms with Crippen LogP contribution in [0.15, 0.2) is 148 Å². The molecule has 2 aliphatic rings. The molecule has 11 heteroatoms. The van der Waals surface area contributed by atoms with Crippen molar-refractivity contribution in [2.45, 2.75) is 25.9 Å². The third-order valence-corrected chi connectivity index (χ3v) is 12.9. The van der Waals surface area contributed by atoms with E-state index in [4.69, 9.17) is 0 Å². The summed E-state index contributed by atoms with van der Waals surface area (Å²) in [6.07, 6.45) is 4.70. The fraction of sp³-hybridized carbons (Fsp3) is 0.0556. The highest BCUT2D eigenvalue weighted by Gasteiger charge is 2.45. The van der Waals surface area contributed by atoms with Gasteiger partial charge in [-0.25, -0.2) is 8.42 Å². The van der Waals surface area contributed by atoms with E-state index in [2.05, 4.69) is 0 Å². The van der Waals surface area contributed by atoms with Crippen LogP contribution in [0.4, 0.5) is 0 Å². The Balaban J connectivity index is 1.21. The van der Waals surface area contributed by atoms with E-state index in [1.54, 1.807) is 48.6 Å². The largest absolute Gasteiger partial charge is 0.294 e. The molecule has 0 radical (unpaired) electrons. The summed E-state index contributed by atoms with van der Waals surface area (Å²) in [6, 6.07) is 32.1. The summed E-state index contributed by atoms with van der Waals surface area (Å²) >= 11 is 0. The predicted molar refractivity (Wildman–Crippen MR) is 179 cm³/mol. The summed E-state index contributed by atoms with van der Waals surface area (Å²) in [5.41, 5.74) is 5.69. The van der Waals surface area contributed by atoms with E-state index in [-0.39, 0.29) is 26.7 Å². The summed E-state index contributed by atoms with van der Waals surface area (Å²) < 4.78 is 94.2. The second-order valence-electron chi connectivity index (χ2n) is 11.4.